The largest absolute Gasteiger partial charge is 0.301 e. The lowest BCUT2D eigenvalue weighted by Gasteiger charge is -2.40. The summed E-state index contributed by atoms with van der Waals surface area (Å²) in [6.07, 6.45) is 7.10. The zero-order valence-corrected chi connectivity index (χ0v) is 13.6. The van der Waals surface area contributed by atoms with E-state index in [1.807, 2.05) is 0 Å². The van der Waals surface area contributed by atoms with Crippen LogP contribution in [0.5, 0.6) is 0 Å². The lowest BCUT2D eigenvalue weighted by molar-refractivity contribution is 0.0914. The summed E-state index contributed by atoms with van der Waals surface area (Å²) in [5.74, 6) is 1.89. The van der Waals surface area contributed by atoms with Crippen LogP contribution in [0.3, 0.4) is 0 Å². The third-order valence-electron chi connectivity index (χ3n) is 5.40. The van der Waals surface area contributed by atoms with E-state index in [-0.39, 0.29) is 0 Å². The van der Waals surface area contributed by atoms with Gasteiger partial charge in [-0.25, -0.2) is 0 Å². The highest BCUT2D eigenvalue weighted by atomic mass is 15.2. The monoisotopic (exact) mass is 266 g/mol. The molecule has 19 heavy (non-hydrogen) atoms. The Morgan fingerprint density at radius 1 is 0.947 bits per heavy atom. The lowest BCUT2D eigenvalue weighted by atomic mass is 9.89. The van der Waals surface area contributed by atoms with E-state index < -0.39 is 0 Å². The van der Waals surface area contributed by atoms with Crippen LogP contribution in [0.4, 0.5) is 0 Å². The highest BCUT2D eigenvalue weighted by Gasteiger charge is 2.26. The van der Waals surface area contributed by atoms with Gasteiger partial charge in [0.2, 0.25) is 0 Å². The standard InChI is InChI=1S/C17H34N2/c1-14(2)19-9-5-6-17(13-19)12-16(4)18-10-7-15(3)8-11-18/h14-17H,5-13H2,1-4H3. The normalized spacial score (nSPS) is 29.8. The highest BCUT2D eigenvalue weighted by Crippen LogP contribution is 2.26. The van der Waals surface area contributed by atoms with Crippen LogP contribution in [0.25, 0.3) is 0 Å². The van der Waals surface area contributed by atoms with Gasteiger partial charge in [-0.2, -0.15) is 0 Å². The Labute approximate surface area is 120 Å². The van der Waals surface area contributed by atoms with Gasteiger partial charge in [-0.1, -0.05) is 6.92 Å². The molecule has 0 saturated carbocycles. The minimum Gasteiger partial charge on any atom is -0.301 e. The van der Waals surface area contributed by atoms with Crippen molar-refractivity contribution in [1.82, 2.24) is 9.80 Å². The first kappa shape index (κ1) is 15.3. The number of likely N-dealkylation sites (tertiary alicyclic amines) is 2. The first-order chi connectivity index (χ1) is 9.06. The number of hydrogen-bond donors (Lipinski definition) is 0. The molecule has 0 aromatic rings. The summed E-state index contributed by atoms with van der Waals surface area (Å²) in [5.41, 5.74) is 0. The van der Waals surface area contributed by atoms with Crippen molar-refractivity contribution in [1.29, 1.82) is 0 Å². The number of piperidine rings is 2. The predicted octanol–water partition coefficient (Wildman–Crippen LogP) is 3.62. The predicted molar refractivity (Wildman–Crippen MR) is 83.5 cm³/mol. The summed E-state index contributed by atoms with van der Waals surface area (Å²) >= 11 is 0. The molecule has 0 amide bonds. The van der Waals surface area contributed by atoms with Crippen molar-refractivity contribution in [3.63, 3.8) is 0 Å². The molecule has 0 bridgehead atoms. The van der Waals surface area contributed by atoms with Crippen molar-refractivity contribution in [2.24, 2.45) is 11.8 Å². The zero-order valence-electron chi connectivity index (χ0n) is 13.6. The number of nitrogens with zero attached hydrogens (tertiary/aromatic N) is 2. The quantitative estimate of drug-likeness (QED) is 0.767. The van der Waals surface area contributed by atoms with Gasteiger partial charge in [0.1, 0.15) is 0 Å². The Balaban J connectivity index is 1.76. The summed E-state index contributed by atoms with van der Waals surface area (Å²) in [7, 11) is 0. The molecule has 2 rings (SSSR count). The summed E-state index contributed by atoms with van der Waals surface area (Å²) in [4.78, 5) is 5.42. The van der Waals surface area contributed by atoms with Crippen LogP contribution in [0, 0.1) is 11.8 Å². The van der Waals surface area contributed by atoms with Crippen molar-refractivity contribution < 1.29 is 0 Å². The fourth-order valence-corrected chi connectivity index (χ4v) is 3.86. The van der Waals surface area contributed by atoms with E-state index >= 15 is 0 Å². The van der Waals surface area contributed by atoms with Gasteiger partial charge >= 0.3 is 0 Å². The van der Waals surface area contributed by atoms with E-state index in [0.717, 1.165) is 23.9 Å². The molecule has 2 heteroatoms. The molecule has 0 aromatic carbocycles. The molecular formula is C17H34N2. The van der Waals surface area contributed by atoms with E-state index in [0.29, 0.717) is 0 Å². The van der Waals surface area contributed by atoms with Gasteiger partial charge in [-0.15, -0.1) is 0 Å². The maximum atomic E-state index is 2.74. The van der Waals surface area contributed by atoms with Crippen molar-refractivity contribution in [2.45, 2.75) is 71.9 Å². The van der Waals surface area contributed by atoms with Crippen molar-refractivity contribution in [2.75, 3.05) is 26.2 Å². The molecule has 2 fully saturated rings. The number of rotatable bonds is 4. The molecular weight excluding hydrogens is 232 g/mol. The molecule has 0 spiro atoms. The zero-order chi connectivity index (χ0) is 13.8. The van der Waals surface area contributed by atoms with Gasteiger partial charge in [0.15, 0.2) is 0 Å². The average molecular weight is 266 g/mol. The second-order valence-corrected chi connectivity index (χ2v) is 7.40. The van der Waals surface area contributed by atoms with Gasteiger partial charge in [0.25, 0.3) is 0 Å². The van der Waals surface area contributed by atoms with Crippen LogP contribution in [0.2, 0.25) is 0 Å². The second kappa shape index (κ2) is 7.08. The highest BCUT2D eigenvalue weighted by molar-refractivity contribution is 4.81. The van der Waals surface area contributed by atoms with Crippen LogP contribution >= 0.6 is 0 Å². The van der Waals surface area contributed by atoms with Crippen LogP contribution < -0.4 is 0 Å². The Morgan fingerprint density at radius 2 is 1.63 bits per heavy atom. The smallest absolute Gasteiger partial charge is 0.00700 e. The Morgan fingerprint density at radius 3 is 2.26 bits per heavy atom. The summed E-state index contributed by atoms with van der Waals surface area (Å²) in [5, 5.41) is 0. The molecule has 2 nitrogen and oxygen atoms in total. The third-order valence-corrected chi connectivity index (χ3v) is 5.40. The van der Waals surface area contributed by atoms with Gasteiger partial charge in [-0.05, 0) is 84.3 Å². The molecule has 2 aliphatic heterocycles. The molecule has 2 saturated heterocycles. The maximum absolute atomic E-state index is 2.74. The lowest BCUT2D eigenvalue weighted by Crippen LogP contribution is -2.44. The Bertz CT molecular complexity index is 256. The molecule has 2 unspecified atom stereocenters. The van der Waals surface area contributed by atoms with E-state index in [2.05, 4.69) is 37.5 Å². The molecule has 0 aliphatic carbocycles. The van der Waals surface area contributed by atoms with Gasteiger partial charge in [0, 0.05) is 18.6 Å². The van der Waals surface area contributed by atoms with E-state index in [4.69, 9.17) is 0 Å². The minimum absolute atomic E-state index is 0.731. The topological polar surface area (TPSA) is 6.48 Å². The van der Waals surface area contributed by atoms with E-state index in [1.54, 1.807) is 0 Å². The SMILES string of the molecule is CC1CCN(C(C)CC2CCCN(C(C)C)C2)CC1. The fraction of sp³-hybridized carbons (Fsp3) is 1.00. The Kier molecular flexibility index (Phi) is 5.70. The Hall–Kier alpha value is -0.0800. The molecule has 0 radical (unpaired) electrons. The molecule has 2 atom stereocenters. The molecule has 0 aromatic heterocycles. The van der Waals surface area contributed by atoms with Gasteiger partial charge in [0.05, 0.1) is 0 Å². The number of hydrogen-bond acceptors (Lipinski definition) is 2. The molecule has 2 aliphatic rings. The van der Waals surface area contributed by atoms with Crippen LogP contribution in [-0.2, 0) is 0 Å². The van der Waals surface area contributed by atoms with Gasteiger partial charge in [-0.3, -0.25) is 0 Å². The second-order valence-electron chi connectivity index (χ2n) is 7.40. The van der Waals surface area contributed by atoms with Crippen molar-refractivity contribution in [3.05, 3.63) is 0 Å². The van der Waals surface area contributed by atoms with Crippen molar-refractivity contribution in [3.8, 4) is 0 Å². The van der Waals surface area contributed by atoms with Crippen LogP contribution in [-0.4, -0.2) is 48.1 Å². The average Bonchev–Trinajstić information content (AvgIpc) is 2.39. The summed E-state index contributed by atoms with van der Waals surface area (Å²) < 4.78 is 0. The third kappa shape index (κ3) is 4.46. The maximum Gasteiger partial charge on any atom is 0.00700 e. The first-order valence-corrected chi connectivity index (χ1v) is 8.54. The first-order valence-electron chi connectivity index (χ1n) is 8.54. The summed E-state index contributed by atoms with van der Waals surface area (Å²) in [6.45, 7) is 14.9. The molecule has 0 N–H and O–H groups in total. The molecule has 112 valence electrons. The minimum atomic E-state index is 0.731. The van der Waals surface area contributed by atoms with E-state index in [9.17, 15) is 0 Å². The summed E-state index contributed by atoms with van der Waals surface area (Å²) in [6, 6.07) is 1.53. The van der Waals surface area contributed by atoms with E-state index in [1.165, 1.54) is 58.3 Å². The van der Waals surface area contributed by atoms with Crippen LogP contribution in [0.15, 0.2) is 0 Å². The van der Waals surface area contributed by atoms with Crippen molar-refractivity contribution >= 4 is 0 Å². The molecule has 2 heterocycles. The van der Waals surface area contributed by atoms with Gasteiger partial charge < -0.3 is 9.80 Å². The fourth-order valence-electron chi connectivity index (χ4n) is 3.86. The van der Waals surface area contributed by atoms with Crippen LogP contribution in [0.1, 0.15) is 59.8 Å².